The fourth-order valence-electron chi connectivity index (χ4n) is 4.73. The summed E-state index contributed by atoms with van der Waals surface area (Å²) in [5.74, 6) is 2.73. The lowest BCUT2D eigenvalue weighted by Crippen LogP contribution is -2.54. The first-order valence-electron chi connectivity index (χ1n) is 10.9. The van der Waals surface area contributed by atoms with Crippen molar-refractivity contribution >= 4 is 35.9 Å². The van der Waals surface area contributed by atoms with Crippen LogP contribution in [0.4, 0.5) is 5.95 Å². The van der Waals surface area contributed by atoms with Crippen LogP contribution in [0.5, 0.6) is 5.75 Å². The number of nitrogens with one attached hydrogen (secondary N) is 1. The maximum atomic E-state index is 5.48. The van der Waals surface area contributed by atoms with Crippen molar-refractivity contribution in [2.24, 2.45) is 4.99 Å². The average molecular weight is 536 g/mol. The van der Waals surface area contributed by atoms with Gasteiger partial charge in [0.2, 0.25) is 5.95 Å². The zero-order valence-corrected chi connectivity index (χ0v) is 20.8. The van der Waals surface area contributed by atoms with Gasteiger partial charge in [0.1, 0.15) is 5.75 Å². The molecule has 0 amide bonds. The summed E-state index contributed by atoms with van der Waals surface area (Å²) in [5, 5.41) is 3.70. The van der Waals surface area contributed by atoms with Crippen molar-refractivity contribution in [1.82, 2.24) is 20.2 Å². The third-order valence-corrected chi connectivity index (χ3v) is 6.45. The number of rotatable bonds is 5. The second-order valence-electron chi connectivity index (χ2n) is 8.14. The molecule has 2 heterocycles. The number of benzene rings is 1. The molecule has 8 heteroatoms. The van der Waals surface area contributed by atoms with E-state index in [4.69, 9.17) is 4.74 Å². The van der Waals surface area contributed by atoms with Crippen LogP contribution in [0.3, 0.4) is 0 Å². The standard InChI is InChI=1S/C23H32N6O.HI/c1-24-21(28-13-15-29(16-14-28)22-25-11-6-12-26-22)27-18-23(9-3-4-10-23)19-7-5-8-20(17-19)30-2;/h5-8,11-12,17H,3-4,9-10,13-16,18H2,1-2H3,(H,24,27);1H. The molecule has 1 N–H and O–H groups in total. The number of aliphatic imine (C=N–C) groups is 1. The van der Waals surface area contributed by atoms with Crippen molar-refractivity contribution in [3.8, 4) is 5.75 Å². The molecule has 1 saturated carbocycles. The van der Waals surface area contributed by atoms with Gasteiger partial charge in [0, 0.05) is 57.6 Å². The summed E-state index contributed by atoms with van der Waals surface area (Å²) in [6, 6.07) is 10.4. The van der Waals surface area contributed by atoms with E-state index in [0.29, 0.717) is 0 Å². The lowest BCUT2D eigenvalue weighted by molar-refractivity contribution is 0.357. The molecule has 0 unspecified atom stereocenters. The summed E-state index contributed by atoms with van der Waals surface area (Å²) < 4.78 is 5.48. The molecule has 0 spiro atoms. The Bertz CT molecular complexity index is 848. The lowest BCUT2D eigenvalue weighted by atomic mass is 9.78. The first-order chi connectivity index (χ1) is 14.7. The third kappa shape index (κ3) is 5.39. The van der Waals surface area contributed by atoms with Crippen LogP contribution < -0.4 is 15.0 Å². The van der Waals surface area contributed by atoms with Gasteiger partial charge in [-0.25, -0.2) is 9.97 Å². The molecule has 7 nitrogen and oxygen atoms in total. The summed E-state index contributed by atoms with van der Waals surface area (Å²) >= 11 is 0. The van der Waals surface area contributed by atoms with Gasteiger partial charge in [-0.2, -0.15) is 0 Å². The van der Waals surface area contributed by atoms with Gasteiger partial charge < -0.3 is 19.9 Å². The first kappa shape index (κ1) is 23.6. The minimum Gasteiger partial charge on any atom is -0.497 e. The number of piperazine rings is 1. The summed E-state index contributed by atoms with van der Waals surface area (Å²) in [6.07, 6.45) is 8.54. The lowest BCUT2D eigenvalue weighted by Gasteiger charge is -2.38. The molecule has 168 valence electrons. The topological polar surface area (TPSA) is 65.9 Å². The quantitative estimate of drug-likeness (QED) is 0.360. The first-order valence-corrected chi connectivity index (χ1v) is 10.9. The molecule has 1 aliphatic carbocycles. The van der Waals surface area contributed by atoms with Gasteiger partial charge in [0.25, 0.3) is 0 Å². The third-order valence-electron chi connectivity index (χ3n) is 6.45. The van der Waals surface area contributed by atoms with Crippen molar-refractivity contribution in [3.63, 3.8) is 0 Å². The van der Waals surface area contributed by atoms with Crippen molar-refractivity contribution in [2.45, 2.75) is 31.1 Å². The van der Waals surface area contributed by atoms with Gasteiger partial charge in [0.05, 0.1) is 7.11 Å². The SMILES string of the molecule is CN=C(NCC1(c2cccc(OC)c2)CCCC1)N1CCN(c2ncccn2)CC1.I. The van der Waals surface area contributed by atoms with Gasteiger partial charge in [-0.3, -0.25) is 4.99 Å². The fraction of sp³-hybridized carbons (Fsp3) is 0.522. The van der Waals surface area contributed by atoms with E-state index in [1.807, 2.05) is 19.2 Å². The predicted molar refractivity (Wildman–Crippen MR) is 136 cm³/mol. The number of methoxy groups -OCH3 is 1. The molecule has 0 bridgehead atoms. The van der Waals surface area contributed by atoms with Crippen LogP contribution in [0.2, 0.25) is 0 Å². The van der Waals surface area contributed by atoms with Gasteiger partial charge in [0.15, 0.2) is 5.96 Å². The molecule has 4 rings (SSSR count). The van der Waals surface area contributed by atoms with Crippen molar-refractivity contribution in [2.75, 3.05) is 51.8 Å². The number of ether oxygens (including phenoxy) is 1. The molecule has 2 aliphatic rings. The molecule has 31 heavy (non-hydrogen) atoms. The highest BCUT2D eigenvalue weighted by Crippen LogP contribution is 2.41. The Morgan fingerprint density at radius 1 is 1.10 bits per heavy atom. The molecule has 1 saturated heterocycles. The molecule has 1 aliphatic heterocycles. The summed E-state index contributed by atoms with van der Waals surface area (Å²) in [5.41, 5.74) is 1.51. The number of hydrogen-bond donors (Lipinski definition) is 1. The van der Waals surface area contributed by atoms with Crippen LogP contribution in [-0.4, -0.2) is 67.7 Å². The number of halogens is 1. The zero-order chi connectivity index (χ0) is 20.8. The average Bonchev–Trinajstić information content (AvgIpc) is 3.31. The number of guanidine groups is 1. The van der Waals surface area contributed by atoms with Crippen molar-refractivity contribution in [1.29, 1.82) is 0 Å². The molecular formula is C23H33IN6O. The Morgan fingerprint density at radius 3 is 2.45 bits per heavy atom. The van der Waals surface area contributed by atoms with Crippen LogP contribution in [0.15, 0.2) is 47.7 Å². The molecular weight excluding hydrogens is 503 g/mol. The highest BCUT2D eigenvalue weighted by molar-refractivity contribution is 14.0. The van der Waals surface area contributed by atoms with E-state index >= 15 is 0 Å². The maximum Gasteiger partial charge on any atom is 0.225 e. The van der Waals surface area contributed by atoms with E-state index in [1.165, 1.54) is 31.2 Å². The molecule has 0 radical (unpaired) electrons. The van der Waals surface area contributed by atoms with Crippen molar-refractivity contribution in [3.05, 3.63) is 48.3 Å². The largest absolute Gasteiger partial charge is 0.497 e. The van der Waals surface area contributed by atoms with E-state index in [9.17, 15) is 0 Å². The summed E-state index contributed by atoms with van der Waals surface area (Å²) in [6.45, 7) is 4.50. The number of hydrogen-bond acceptors (Lipinski definition) is 5. The maximum absolute atomic E-state index is 5.48. The summed E-state index contributed by atoms with van der Waals surface area (Å²) in [4.78, 5) is 17.9. The van der Waals surface area contributed by atoms with Crippen LogP contribution in [0, 0.1) is 0 Å². The van der Waals surface area contributed by atoms with Gasteiger partial charge in [-0.05, 0) is 36.6 Å². The van der Waals surface area contributed by atoms with Crippen molar-refractivity contribution < 1.29 is 4.74 Å². The normalized spacial score (nSPS) is 18.5. The van der Waals surface area contributed by atoms with Crippen LogP contribution >= 0.6 is 24.0 Å². The highest BCUT2D eigenvalue weighted by Gasteiger charge is 2.36. The van der Waals surface area contributed by atoms with Gasteiger partial charge >= 0.3 is 0 Å². The van der Waals surface area contributed by atoms with E-state index in [0.717, 1.165) is 50.4 Å². The molecule has 2 aromatic rings. The Kier molecular flexibility index (Phi) is 8.34. The Morgan fingerprint density at radius 2 is 1.81 bits per heavy atom. The zero-order valence-electron chi connectivity index (χ0n) is 18.5. The van der Waals surface area contributed by atoms with E-state index < -0.39 is 0 Å². The van der Waals surface area contributed by atoms with E-state index in [-0.39, 0.29) is 29.4 Å². The Hall–Kier alpha value is -2.10. The minimum atomic E-state index is 0. The van der Waals surface area contributed by atoms with E-state index in [1.54, 1.807) is 19.5 Å². The van der Waals surface area contributed by atoms with Gasteiger partial charge in [-0.1, -0.05) is 25.0 Å². The van der Waals surface area contributed by atoms with Crippen LogP contribution in [0.25, 0.3) is 0 Å². The second kappa shape index (κ2) is 11.0. The molecule has 1 aromatic heterocycles. The molecule has 0 atom stereocenters. The smallest absolute Gasteiger partial charge is 0.225 e. The summed E-state index contributed by atoms with van der Waals surface area (Å²) in [7, 11) is 3.61. The molecule has 2 fully saturated rings. The number of anilines is 1. The van der Waals surface area contributed by atoms with E-state index in [2.05, 4.69) is 48.3 Å². The monoisotopic (exact) mass is 536 g/mol. The second-order valence-corrected chi connectivity index (χ2v) is 8.14. The predicted octanol–water partition coefficient (Wildman–Crippen LogP) is 3.31. The molecule has 1 aromatic carbocycles. The number of aromatic nitrogens is 2. The minimum absolute atomic E-state index is 0. The van der Waals surface area contributed by atoms with Gasteiger partial charge in [-0.15, -0.1) is 24.0 Å². The Labute approximate surface area is 202 Å². The fourth-order valence-corrected chi connectivity index (χ4v) is 4.73. The van der Waals surface area contributed by atoms with Crippen LogP contribution in [0.1, 0.15) is 31.2 Å². The van der Waals surface area contributed by atoms with Crippen LogP contribution in [-0.2, 0) is 5.41 Å². The number of nitrogens with zero attached hydrogens (tertiary/aromatic N) is 5. The Balaban J connectivity index is 0.00000272. The highest BCUT2D eigenvalue weighted by atomic mass is 127.